The van der Waals surface area contributed by atoms with Gasteiger partial charge in [0.15, 0.2) is 5.11 Å². The van der Waals surface area contributed by atoms with Crippen molar-refractivity contribution in [3.8, 4) is 0 Å². The third kappa shape index (κ3) is 4.73. The number of benzene rings is 2. The van der Waals surface area contributed by atoms with Crippen LogP contribution in [0.5, 0.6) is 0 Å². The number of piperidine rings is 1. The molecule has 3 nitrogen and oxygen atoms in total. The summed E-state index contributed by atoms with van der Waals surface area (Å²) in [5.74, 6) is 0.440. The van der Waals surface area contributed by atoms with E-state index >= 15 is 0 Å². The first kappa shape index (κ1) is 18.6. The minimum Gasteiger partial charge on any atom is -0.371 e. The topological polar surface area (TPSA) is 27.3 Å². The number of nitrogens with one attached hydrogen (secondary N) is 2. The van der Waals surface area contributed by atoms with E-state index in [1.807, 2.05) is 6.92 Å². The molecule has 0 amide bonds. The van der Waals surface area contributed by atoms with Crippen LogP contribution in [0.2, 0.25) is 0 Å². The molecule has 2 aromatic rings. The van der Waals surface area contributed by atoms with Crippen LogP contribution in [-0.2, 0) is 0 Å². The summed E-state index contributed by atoms with van der Waals surface area (Å²) in [4.78, 5) is 2.46. The van der Waals surface area contributed by atoms with Gasteiger partial charge in [-0.15, -0.1) is 0 Å². The second-order valence-corrected chi connectivity index (χ2v) is 7.49. The highest BCUT2D eigenvalue weighted by molar-refractivity contribution is 7.80. The molecular weight excluding hydrogens is 345 g/mol. The molecule has 2 aromatic carbocycles. The number of para-hydroxylation sites is 1. The zero-order chi connectivity index (χ0) is 18.5. The Balaban J connectivity index is 1.58. The van der Waals surface area contributed by atoms with Gasteiger partial charge >= 0.3 is 0 Å². The molecule has 0 unspecified atom stereocenters. The average molecular weight is 372 g/mol. The SMILES string of the molecule is C[C@@H]1CCCN(c2ccc([C@@H](C)NC(=S)Nc3ccccc3F)cc2)C1. The van der Waals surface area contributed by atoms with Crippen LogP contribution in [0.4, 0.5) is 15.8 Å². The number of nitrogens with zero attached hydrogens (tertiary/aromatic N) is 1. The quantitative estimate of drug-likeness (QED) is 0.731. The number of hydrogen-bond donors (Lipinski definition) is 2. The van der Waals surface area contributed by atoms with Gasteiger partial charge in [0.25, 0.3) is 0 Å². The maximum atomic E-state index is 13.7. The van der Waals surface area contributed by atoms with Crippen molar-refractivity contribution in [2.45, 2.75) is 32.7 Å². The van der Waals surface area contributed by atoms with Crippen LogP contribution in [0.25, 0.3) is 0 Å². The summed E-state index contributed by atoms with van der Waals surface area (Å²) in [6.07, 6.45) is 2.58. The standard InChI is InChI=1S/C21H26FN3S/c1-15-6-5-13-25(14-15)18-11-9-17(10-12-18)16(2)23-21(26)24-20-8-4-3-7-19(20)22/h3-4,7-12,15-16H,5-6,13-14H2,1-2H3,(H2,23,24,26)/t15-,16-/m1/s1. The zero-order valence-corrected chi connectivity index (χ0v) is 16.2. The molecule has 1 aliphatic heterocycles. The highest BCUT2D eigenvalue weighted by atomic mass is 32.1. The maximum absolute atomic E-state index is 13.7. The lowest BCUT2D eigenvalue weighted by Gasteiger charge is -2.33. The molecule has 3 rings (SSSR count). The monoisotopic (exact) mass is 371 g/mol. The Hall–Kier alpha value is -2.14. The third-order valence-electron chi connectivity index (χ3n) is 4.88. The molecule has 0 aromatic heterocycles. The summed E-state index contributed by atoms with van der Waals surface area (Å²) >= 11 is 5.32. The van der Waals surface area contributed by atoms with Crippen molar-refractivity contribution in [2.75, 3.05) is 23.3 Å². The van der Waals surface area contributed by atoms with E-state index in [0.717, 1.165) is 24.6 Å². The van der Waals surface area contributed by atoms with Gasteiger partial charge in [0.1, 0.15) is 5.82 Å². The van der Waals surface area contributed by atoms with Crippen molar-refractivity contribution < 1.29 is 4.39 Å². The smallest absolute Gasteiger partial charge is 0.171 e. The van der Waals surface area contributed by atoms with E-state index in [1.54, 1.807) is 18.2 Å². The van der Waals surface area contributed by atoms with Gasteiger partial charge in [0.2, 0.25) is 0 Å². The van der Waals surface area contributed by atoms with Crippen molar-refractivity contribution >= 4 is 28.7 Å². The van der Waals surface area contributed by atoms with Gasteiger partial charge in [-0.05, 0) is 67.7 Å². The van der Waals surface area contributed by atoms with Gasteiger partial charge in [-0.25, -0.2) is 4.39 Å². The molecule has 26 heavy (non-hydrogen) atoms. The van der Waals surface area contributed by atoms with E-state index in [1.165, 1.54) is 24.6 Å². The maximum Gasteiger partial charge on any atom is 0.171 e. The molecule has 0 saturated carbocycles. The van der Waals surface area contributed by atoms with Gasteiger partial charge in [0, 0.05) is 18.8 Å². The van der Waals surface area contributed by atoms with E-state index in [4.69, 9.17) is 12.2 Å². The molecule has 1 heterocycles. The summed E-state index contributed by atoms with van der Waals surface area (Å²) in [5, 5.41) is 6.55. The molecule has 138 valence electrons. The summed E-state index contributed by atoms with van der Waals surface area (Å²) in [6.45, 7) is 6.63. The van der Waals surface area contributed by atoms with Gasteiger partial charge in [-0.3, -0.25) is 0 Å². The number of halogens is 1. The third-order valence-corrected chi connectivity index (χ3v) is 5.10. The largest absolute Gasteiger partial charge is 0.371 e. The van der Waals surface area contributed by atoms with Crippen molar-refractivity contribution in [1.29, 1.82) is 0 Å². The second-order valence-electron chi connectivity index (χ2n) is 7.08. The lowest BCUT2D eigenvalue weighted by atomic mass is 9.99. The van der Waals surface area contributed by atoms with Crippen LogP contribution in [0.3, 0.4) is 0 Å². The Morgan fingerprint density at radius 2 is 1.92 bits per heavy atom. The molecule has 1 aliphatic rings. The van der Waals surface area contributed by atoms with Gasteiger partial charge in [-0.2, -0.15) is 0 Å². The van der Waals surface area contributed by atoms with Crippen molar-refractivity contribution in [1.82, 2.24) is 5.32 Å². The Morgan fingerprint density at radius 3 is 2.62 bits per heavy atom. The van der Waals surface area contributed by atoms with Crippen molar-refractivity contribution in [2.24, 2.45) is 5.92 Å². The Bertz CT molecular complexity index is 747. The predicted octanol–water partition coefficient (Wildman–Crippen LogP) is 5.11. The second kappa shape index (κ2) is 8.49. The Morgan fingerprint density at radius 1 is 1.19 bits per heavy atom. The van der Waals surface area contributed by atoms with Crippen molar-refractivity contribution in [3.63, 3.8) is 0 Å². The Labute approximate surface area is 160 Å². The first-order valence-corrected chi connectivity index (χ1v) is 9.60. The lowest BCUT2D eigenvalue weighted by Crippen LogP contribution is -2.34. The number of hydrogen-bond acceptors (Lipinski definition) is 2. The van der Waals surface area contributed by atoms with E-state index in [0.29, 0.717) is 10.8 Å². The highest BCUT2D eigenvalue weighted by Gasteiger charge is 2.17. The molecule has 0 aliphatic carbocycles. The van der Waals surface area contributed by atoms with E-state index in [2.05, 4.69) is 46.7 Å². The normalized spacial score (nSPS) is 18.3. The molecule has 2 atom stereocenters. The fourth-order valence-corrected chi connectivity index (χ4v) is 3.69. The molecule has 2 N–H and O–H groups in total. The summed E-state index contributed by atoms with van der Waals surface area (Å²) in [7, 11) is 0. The predicted molar refractivity (Wildman–Crippen MR) is 111 cm³/mol. The van der Waals surface area contributed by atoms with Gasteiger partial charge in [0.05, 0.1) is 11.7 Å². The minimum absolute atomic E-state index is 0.0381. The zero-order valence-electron chi connectivity index (χ0n) is 15.3. The fraction of sp³-hybridized carbons (Fsp3) is 0.381. The molecule has 0 spiro atoms. The first-order chi connectivity index (χ1) is 12.5. The molecule has 0 radical (unpaired) electrons. The molecular formula is C21H26FN3S. The van der Waals surface area contributed by atoms with Crippen molar-refractivity contribution in [3.05, 3.63) is 59.9 Å². The first-order valence-electron chi connectivity index (χ1n) is 9.20. The summed E-state index contributed by atoms with van der Waals surface area (Å²) in [6, 6.07) is 15.2. The molecule has 1 fully saturated rings. The average Bonchev–Trinajstić information content (AvgIpc) is 2.64. The fourth-order valence-electron chi connectivity index (χ4n) is 3.40. The number of rotatable bonds is 4. The van der Waals surface area contributed by atoms with Gasteiger partial charge in [-0.1, -0.05) is 31.2 Å². The molecule has 0 bridgehead atoms. The van der Waals surface area contributed by atoms with Gasteiger partial charge < -0.3 is 15.5 Å². The van der Waals surface area contributed by atoms with Crippen LogP contribution < -0.4 is 15.5 Å². The van der Waals surface area contributed by atoms with Crippen LogP contribution in [0.1, 0.15) is 38.3 Å². The number of thiocarbonyl (C=S) groups is 1. The van der Waals surface area contributed by atoms with Crippen LogP contribution in [0.15, 0.2) is 48.5 Å². The highest BCUT2D eigenvalue weighted by Crippen LogP contribution is 2.24. The minimum atomic E-state index is -0.315. The molecule has 1 saturated heterocycles. The molecule has 5 heteroatoms. The summed E-state index contributed by atoms with van der Waals surface area (Å²) < 4.78 is 13.7. The van der Waals surface area contributed by atoms with E-state index in [9.17, 15) is 4.39 Å². The van der Waals surface area contributed by atoms with E-state index < -0.39 is 0 Å². The van der Waals surface area contributed by atoms with E-state index in [-0.39, 0.29) is 11.9 Å². The summed E-state index contributed by atoms with van der Waals surface area (Å²) in [5.41, 5.74) is 2.81. The van der Waals surface area contributed by atoms with Crippen LogP contribution in [0, 0.1) is 11.7 Å². The van der Waals surface area contributed by atoms with Crippen LogP contribution in [-0.4, -0.2) is 18.2 Å². The Kier molecular flexibility index (Phi) is 6.09. The number of anilines is 2. The van der Waals surface area contributed by atoms with Crippen LogP contribution >= 0.6 is 12.2 Å². The lowest BCUT2D eigenvalue weighted by molar-refractivity contribution is 0.447.